The monoisotopic (exact) mass is 482 g/mol. The second-order valence-corrected chi connectivity index (χ2v) is 8.83. The largest absolute Gasteiger partial charge is 0.492 e. The van der Waals surface area contributed by atoms with Crippen molar-refractivity contribution in [3.05, 3.63) is 64.4 Å². The van der Waals surface area contributed by atoms with Crippen molar-refractivity contribution in [2.24, 2.45) is 5.73 Å². The molecule has 3 amide bonds. The number of carbonyl (C=O) groups is 3. The van der Waals surface area contributed by atoms with Crippen molar-refractivity contribution in [3.8, 4) is 5.75 Å². The second-order valence-electron chi connectivity index (χ2n) is 8.40. The summed E-state index contributed by atoms with van der Waals surface area (Å²) < 4.78 is 11.6. The quantitative estimate of drug-likeness (QED) is 0.672. The Balaban J connectivity index is 1.52. The summed E-state index contributed by atoms with van der Waals surface area (Å²) in [5.41, 5.74) is 7.84. The van der Waals surface area contributed by atoms with Crippen LogP contribution in [0.15, 0.2) is 42.7 Å². The molecule has 2 unspecified atom stereocenters. The molecule has 9 nitrogen and oxygen atoms in total. The number of nitrogens with zero attached hydrogens (tertiary/aromatic N) is 3. The van der Waals surface area contributed by atoms with Crippen molar-refractivity contribution in [2.45, 2.75) is 38.0 Å². The molecule has 1 saturated heterocycles. The van der Waals surface area contributed by atoms with Crippen molar-refractivity contribution >= 4 is 35.2 Å². The Morgan fingerprint density at radius 3 is 2.76 bits per heavy atom. The molecule has 1 fully saturated rings. The minimum Gasteiger partial charge on any atom is -0.492 e. The number of urea groups is 1. The zero-order valence-electron chi connectivity index (χ0n) is 18.3. The lowest BCUT2D eigenvalue weighted by molar-refractivity contribution is -0.135. The molecule has 10 heteroatoms. The van der Waals surface area contributed by atoms with E-state index in [9.17, 15) is 14.4 Å². The third-order valence-electron chi connectivity index (χ3n) is 6.30. The summed E-state index contributed by atoms with van der Waals surface area (Å²) in [6, 6.07) is 5.92. The predicted octanol–water partition coefficient (Wildman–Crippen LogP) is 2.97. The van der Waals surface area contributed by atoms with Crippen LogP contribution in [0.2, 0.25) is 5.02 Å². The number of primary amides is 1. The third-order valence-corrected chi connectivity index (χ3v) is 6.52. The van der Waals surface area contributed by atoms with Gasteiger partial charge in [-0.3, -0.25) is 14.7 Å². The van der Waals surface area contributed by atoms with E-state index < -0.39 is 24.3 Å². The molecule has 5 rings (SSSR count). The number of amides is 3. The third kappa shape index (κ3) is 3.96. The summed E-state index contributed by atoms with van der Waals surface area (Å²) in [6.45, 7) is 0.872. The molecule has 1 aromatic heterocycles. The van der Waals surface area contributed by atoms with Gasteiger partial charge in [-0.15, -0.1) is 0 Å². The van der Waals surface area contributed by atoms with Crippen LogP contribution in [0.4, 0.5) is 4.79 Å². The fourth-order valence-electron chi connectivity index (χ4n) is 4.80. The lowest BCUT2D eigenvalue weighted by Gasteiger charge is -2.44. The van der Waals surface area contributed by atoms with Crippen LogP contribution in [0.3, 0.4) is 0 Å². The van der Waals surface area contributed by atoms with Crippen LogP contribution in [-0.2, 0) is 16.0 Å². The topological polar surface area (TPSA) is 115 Å². The fraction of sp³-hybridized carbons (Fsp3) is 0.333. The lowest BCUT2D eigenvalue weighted by atomic mass is 10.0. The molecule has 0 aliphatic carbocycles. The molecule has 2 N–H and O–H groups in total. The average Bonchev–Trinajstić information content (AvgIpc) is 3.19. The van der Waals surface area contributed by atoms with E-state index in [0.29, 0.717) is 60.9 Å². The van der Waals surface area contributed by atoms with Crippen LogP contribution in [0.5, 0.6) is 5.75 Å². The summed E-state index contributed by atoms with van der Waals surface area (Å²) in [5.74, 6) is -0.433. The van der Waals surface area contributed by atoms with E-state index in [1.165, 1.54) is 17.0 Å². The van der Waals surface area contributed by atoms with Crippen molar-refractivity contribution in [3.63, 3.8) is 0 Å². The number of fused-ring (bicyclic) bond motifs is 2. The van der Waals surface area contributed by atoms with Gasteiger partial charge in [0, 0.05) is 42.0 Å². The summed E-state index contributed by atoms with van der Waals surface area (Å²) in [6.07, 6.45) is 5.37. The highest BCUT2D eigenvalue weighted by molar-refractivity contribution is 6.31. The maximum Gasteiger partial charge on any atom is 0.342 e. The van der Waals surface area contributed by atoms with Gasteiger partial charge in [-0.05, 0) is 49.1 Å². The van der Waals surface area contributed by atoms with E-state index in [-0.39, 0.29) is 11.5 Å². The predicted molar refractivity (Wildman–Crippen MR) is 123 cm³/mol. The number of aromatic nitrogens is 1. The van der Waals surface area contributed by atoms with Crippen LogP contribution in [-0.4, -0.2) is 58.1 Å². The van der Waals surface area contributed by atoms with Gasteiger partial charge in [0.25, 0.3) is 0 Å². The SMILES string of the molecule is NC(=O)N1C(c2ccncc2)=CC(=O)N2CCCCC(OC(=O)c3cc(Cl)cc4c3OCC4)C21. The van der Waals surface area contributed by atoms with Gasteiger partial charge in [-0.25, -0.2) is 9.59 Å². The molecule has 3 aliphatic heterocycles. The number of hydrogen-bond acceptors (Lipinski definition) is 6. The number of esters is 1. The van der Waals surface area contributed by atoms with E-state index in [1.807, 2.05) is 0 Å². The number of halogens is 1. The van der Waals surface area contributed by atoms with Crippen LogP contribution >= 0.6 is 11.6 Å². The van der Waals surface area contributed by atoms with E-state index in [0.717, 1.165) is 5.56 Å². The number of rotatable bonds is 3. The smallest absolute Gasteiger partial charge is 0.342 e. The first-order valence-corrected chi connectivity index (χ1v) is 11.5. The highest BCUT2D eigenvalue weighted by Gasteiger charge is 2.45. The highest BCUT2D eigenvalue weighted by Crippen LogP contribution is 2.36. The Morgan fingerprint density at radius 2 is 2.00 bits per heavy atom. The van der Waals surface area contributed by atoms with Crippen molar-refractivity contribution in [1.29, 1.82) is 0 Å². The van der Waals surface area contributed by atoms with Gasteiger partial charge in [0.2, 0.25) is 5.91 Å². The standard InChI is InChI=1S/C24H23ClN4O5/c25-16-11-15-6-10-33-21(15)17(12-16)23(31)34-19-3-1-2-9-28-20(30)13-18(14-4-7-27-8-5-14)29(22(19)28)24(26)32/h4-5,7-8,11-13,19,22H,1-3,6,9-10H2,(H2,26,32). The molecule has 0 bridgehead atoms. The molecule has 176 valence electrons. The molecular weight excluding hydrogens is 460 g/mol. The molecule has 0 saturated carbocycles. The zero-order valence-corrected chi connectivity index (χ0v) is 19.0. The van der Waals surface area contributed by atoms with Crippen molar-refractivity contribution in [1.82, 2.24) is 14.8 Å². The molecule has 2 aromatic rings. The molecule has 34 heavy (non-hydrogen) atoms. The number of benzene rings is 1. The molecule has 0 radical (unpaired) electrons. The Hall–Kier alpha value is -3.59. The maximum atomic E-state index is 13.3. The maximum absolute atomic E-state index is 13.3. The van der Waals surface area contributed by atoms with Crippen molar-refractivity contribution in [2.75, 3.05) is 13.2 Å². The van der Waals surface area contributed by atoms with Gasteiger partial charge < -0.3 is 20.1 Å². The summed E-state index contributed by atoms with van der Waals surface area (Å²) >= 11 is 6.22. The number of carbonyl (C=O) groups excluding carboxylic acids is 3. The minimum absolute atomic E-state index is 0.230. The normalized spacial score (nSPS) is 21.7. The highest BCUT2D eigenvalue weighted by atomic mass is 35.5. The molecule has 2 atom stereocenters. The van der Waals surface area contributed by atoms with E-state index in [2.05, 4.69) is 4.98 Å². The molecule has 4 heterocycles. The number of nitrogens with two attached hydrogens (primary N) is 1. The van der Waals surface area contributed by atoms with Gasteiger partial charge >= 0.3 is 12.0 Å². The summed E-state index contributed by atoms with van der Waals surface area (Å²) in [4.78, 5) is 46.0. The van der Waals surface area contributed by atoms with E-state index in [1.54, 1.807) is 35.5 Å². The number of hydrogen-bond donors (Lipinski definition) is 1. The Bertz CT molecular complexity index is 1190. The Labute approximate surface area is 201 Å². The van der Waals surface area contributed by atoms with Crippen LogP contribution < -0.4 is 10.5 Å². The first kappa shape index (κ1) is 22.2. The first-order chi connectivity index (χ1) is 16.4. The van der Waals surface area contributed by atoms with Gasteiger partial charge in [0.15, 0.2) is 6.17 Å². The summed E-state index contributed by atoms with van der Waals surface area (Å²) in [7, 11) is 0. The average molecular weight is 483 g/mol. The lowest BCUT2D eigenvalue weighted by Crippen LogP contribution is -2.61. The first-order valence-electron chi connectivity index (χ1n) is 11.1. The van der Waals surface area contributed by atoms with Crippen LogP contribution in [0.25, 0.3) is 5.70 Å². The minimum atomic E-state index is -0.877. The summed E-state index contributed by atoms with van der Waals surface area (Å²) in [5, 5.41) is 0.410. The zero-order chi connectivity index (χ0) is 23.8. The molecule has 1 aromatic carbocycles. The fourth-order valence-corrected chi connectivity index (χ4v) is 5.04. The van der Waals surface area contributed by atoms with Gasteiger partial charge in [-0.1, -0.05) is 11.6 Å². The van der Waals surface area contributed by atoms with Crippen molar-refractivity contribution < 1.29 is 23.9 Å². The molecule has 0 spiro atoms. The molecular formula is C24H23ClN4O5. The molecule has 3 aliphatic rings. The van der Waals surface area contributed by atoms with Gasteiger partial charge in [0.05, 0.1) is 12.3 Å². The van der Waals surface area contributed by atoms with Gasteiger partial charge in [-0.2, -0.15) is 0 Å². The van der Waals surface area contributed by atoms with E-state index in [4.69, 9.17) is 26.8 Å². The number of ether oxygens (including phenoxy) is 2. The second kappa shape index (κ2) is 8.98. The Morgan fingerprint density at radius 1 is 1.21 bits per heavy atom. The van der Waals surface area contributed by atoms with E-state index >= 15 is 0 Å². The van der Waals surface area contributed by atoms with Crippen LogP contribution in [0, 0.1) is 0 Å². The van der Waals surface area contributed by atoms with Crippen LogP contribution in [0.1, 0.15) is 40.7 Å². The Kier molecular flexibility index (Phi) is 5.87. The van der Waals surface area contributed by atoms with Gasteiger partial charge in [0.1, 0.15) is 17.4 Å². The number of pyridine rings is 1.